The van der Waals surface area contributed by atoms with Gasteiger partial charge in [-0.2, -0.15) is 0 Å². The van der Waals surface area contributed by atoms with Gasteiger partial charge in [0.25, 0.3) is 0 Å². The Morgan fingerprint density at radius 3 is 2.29 bits per heavy atom. The summed E-state index contributed by atoms with van der Waals surface area (Å²) in [4.78, 5) is 0. The van der Waals surface area contributed by atoms with E-state index in [0.717, 1.165) is 12.2 Å². The lowest BCUT2D eigenvalue weighted by atomic mass is 9.98. The van der Waals surface area contributed by atoms with Crippen molar-refractivity contribution in [1.29, 1.82) is 0 Å². The van der Waals surface area contributed by atoms with Crippen LogP contribution in [0.5, 0.6) is 0 Å². The number of anilines is 1. The van der Waals surface area contributed by atoms with Gasteiger partial charge in [-0.3, -0.25) is 0 Å². The van der Waals surface area contributed by atoms with Gasteiger partial charge in [0.2, 0.25) is 0 Å². The SMILES string of the molecule is CCC(C)c1ccc(NCc2ccccc2COC)cc1. The van der Waals surface area contributed by atoms with Gasteiger partial charge in [-0.05, 0) is 41.2 Å². The zero-order valence-corrected chi connectivity index (χ0v) is 13.2. The zero-order valence-electron chi connectivity index (χ0n) is 13.2. The monoisotopic (exact) mass is 283 g/mol. The fraction of sp³-hybridized carbons (Fsp3) is 0.368. The molecule has 0 bridgehead atoms. The first-order valence-electron chi connectivity index (χ1n) is 7.64. The average molecular weight is 283 g/mol. The summed E-state index contributed by atoms with van der Waals surface area (Å²) in [7, 11) is 1.73. The van der Waals surface area contributed by atoms with Gasteiger partial charge >= 0.3 is 0 Å². The lowest BCUT2D eigenvalue weighted by molar-refractivity contribution is 0.184. The Bertz CT molecular complexity index is 548. The van der Waals surface area contributed by atoms with E-state index in [9.17, 15) is 0 Å². The molecular weight excluding hydrogens is 258 g/mol. The Kier molecular flexibility index (Phi) is 5.82. The summed E-state index contributed by atoms with van der Waals surface area (Å²) in [5.74, 6) is 0.626. The molecule has 2 aromatic rings. The number of hydrogen-bond donors (Lipinski definition) is 1. The third-order valence-electron chi connectivity index (χ3n) is 3.99. The molecule has 0 radical (unpaired) electrons. The number of benzene rings is 2. The minimum atomic E-state index is 0.626. The van der Waals surface area contributed by atoms with Crippen molar-refractivity contribution < 1.29 is 4.74 Å². The molecule has 0 saturated carbocycles. The Morgan fingerprint density at radius 1 is 1.00 bits per heavy atom. The minimum absolute atomic E-state index is 0.626. The van der Waals surface area contributed by atoms with E-state index in [2.05, 4.69) is 67.7 Å². The lowest BCUT2D eigenvalue weighted by Gasteiger charge is -2.13. The van der Waals surface area contributed by atoms with Gasteiger partial charge in [-0.25, -0.2) is 0 Å². The predicted octanol–water partition coefficient (Wildman–Crippen LogP) is 4.96. The first-order chi connectivity index (χ1) is 10.2. The standard InChI is InChI=1S/C19H25NO/c1-4-15(2)16-9-11-19(12-10-16)20-13-17-7-5-6-8-18(17)14-21-3/h5-12,15,20H,4,13-14H2,1-3H3. The van der Waals surface area contributed by atoms with E-state index in [0.29, 0.717) is 12.5 Å². The van der Waals surface area contributed by atoms with E-state index < -0.39 is 0 Å². The van der Waals surface area contributed by atoms with Crippen molar-refractivity contribution >= 4 is 5.69 Å². The Labute approximate surface area is 128 Å². The molecule has 2 rings (SSSR count). The molecule has 1 atom stereocenters. The molecule has 0 aliphatic carbocycles. The largest absolute Gasteiger partial charge is 0.381 e. The van der Waals surface area contributed by atoms with Crippen molar-refractivity contribution in [2.45, 2.75) is 39.3 Å². The molecule has 2 aromatic carbocycles. The number of hydrogen-bond acceptors (Lipinski definition) is 2. The molecule has 0 saturated heterocycles. The highest BCUT2D eigenvalue weighted by Gasteiger charge is 2.04. The van der Waals surface area contributed by atoms with Crippen molar-refractivity contribution in [2.24, 2.45) is 0 Å². The number of methoxy groups -OCH3 is 1. The van der Waals surface area contributed by atoms with Crippen LogP contribution in [0, 0.1) is 0 Å². The topological polar surface area (TPSA) is 21.3 Å². The fourth-order valence-corrected chi connectivity index (χ4v) is 2.39. The van der Waals surface area contributed by atoms with Crippen LogP contribution in [0.3, 0.4) is 0 Å². The maximum atomic E-state index is 5.25. The first-order valence-corrected chi connectivity index (χ1v) is 7.64. The van der Waals surface area contributed by atoms with Crippen LogP contribution in [0.25, 0.3) is 0 Å². The second-order valence-corrected chi connectivity index (χ2v) is 5.49. The van der Waals surface area contributed by atoms with E-state index in [-0.39, 0.29) is 0 Å². The van der Waals surface area contributed by atoms with E-state index in [1.165, 1.54) is 23.1 Å². The van der Waals surface area contributed by atoms with E-state index in [1.54, 1.807) is 7.11 Å². The average Bonchev–Trinajstić information content (AvgIpc) is 2.54. The lowest BCUT2D eigenvalue weighted by Crippen LogP contribution is -2.03. The van der Waals surface area contributed by atoms with Crippen molar-refractivity contribution in [1.82, 2.24) is 0 Å². The van der Waals surface area contributed by atoms with Crippen LogP contribution in [0.15, 0.2) is 48.5 Å². The molecule has 0 heterocycles. The maximum absolute atomic E-state index is 5.25. The van der Waals surface area contributed by atoms with E-state index in [4.69, 9.17) is 4.74 Å². The zero-order chi connectivity index (χ0) is 15.1. The molecule has 1 N–H and O–H groups in total. The molecule has 0 amide bonds. The van der Waals surface area contributed by atoms with Crippen molar-refractivity contribution in [3.05, 3.63) is 65.2 Å². The van der Waals surface area contributed by atoms with Crippen LogP contribution in [0.4, 0.5) is 5.69 Å². The van der Waals surface area contributed by atoms with E-state index in [1.807, 2.05) is 0 Å². The molecule has 0 aliphatic heterocycles. The highest BCUT2D eigenvalue weighted by Crippen LogP contribution is 2.21. The highest BCUT2D eigenvalue weighted by atomic mass is 16.5. The molecular formula is C19H25NO. The van der Waals surface area contributed by atoms with E-state index >= 15 is 0 Å². The summed E-state index contributed by atoms with van der Waals surface area (Å²) in [6.45, 7) is 5.97. The maximum Gasteiger partial charge on any atom is 0.0716 e. The highest BCUT2D eigenvalue weighted by molar-refractivity contribution is 5.46. The van der Waals surface area contributed by atoms with Crippen LogP contribution in [0.2, 0.25) is 0 Å². The normalized spacial score (nSPS) is 12.1. The van der Waals surface area contributed by atoms with Gasteiger partial charge in [0.1, 0.15) is 0 Å². The number of rotatable bonds is 7. The second-order valence-electron chi connectivity index (χ2n) is 5.49. The Balaban J connectivity index is 2.00. The van der Waals surface area contributed by atoms with Gasteiger partial charge in [-0.1, -0.05) is 50.2 Å². The molecule has 0 fully saturated rings. The minimum Gasteiger partial charge on any atom is -0.381 e. The van der Waals surface area contributed by atoms with Gasteiger partial charge in [0.05, 0.1) is 6.61 Å². The van der Waals surface area contributed by atoms with Crippen LogP contribution in [-0.4, -0.2) is 7.11 Å². The molecule has 2 nitrogen and oxygen atoms in total. The quantitative estimate of drug-likeness (QED) is 0.775. The third-order valence-corrected chi connectivity index (χ3v) is 3.99. The van der Waals surface area contributed by atoms with Crippen LogP contribution in [-0.2, 0) is 17.9 Å². The Hall–Kier alpha value is -1.80. The summed E-state index contributed by atoms with van der Waals surface area (Å²) in [6, 6.07) is 17.2. The summed E-state index contributed by atoms with van der Waals surface area (Å²) >= 11 is 0. The summed E-state index contributed by atoms with van der Waals surface area (Å²) in [5.41, 5.74) is 5.09. The fourth-order valence-electron chi connectivity index (χ4n) is 2.39. The smallest absolute Gasteiger partial charge is 0.0716 e. The Morgan fingerprint density at radius 2 is 1.67 bits per heavy atom. The van der Waals surface area contributed by atoms with Gasteiger partial charge < -0.3 is 10.1 Å². The second kappa shape index (κ2) is 7.84. The molecule has 112 valence electrons. The van der Waals surface area contributed by atoms with Gasteiger partial charge in [-0.15, -0.1) is 0 Å². The van der Waals surface area contributed by atoms with Crippen molar-refractivity contribution in [2.75, 3.05) is 12.4 Å². The molecule has 0 aliphatic rings. The van der Waals surface area contributed by atoms with Crippen LogP contribution in [0.1, 0.15) is 42.9 Å². The summed E-state index contributed by atoms with van der Waals surface area (Å²) in [6.07, 6.45) is 1.18. The number of nitrogens with one attached hydrogen (secondary N) is 1. The van der Waals surface area contributed by atoms with Crippen LogP contribution < -0.4 is 5.32 Å². The van der Waals surface area contributed by atoms with Crippen molar-refractivity contribution in [3.8, 4) is 0 Å². The van der Waals surface area contributed by atoms with Crippen molar-refractivity contribution in [3.63, 3.8) is 0 Å². The summed E-state index contributed by atoms with van der Waals surface area (Å²) < 4.78 is 5.25. The molecule has 0 spiro atoms. The van der Waals surface area contributed by atoms with Crippen LogP contribution >= 0.6 is 0 Å². The summed E-state index contributed by atoms with van der Waals surface area (Å²) in [5, 5.41) is 3.49. The molecule has 0 aromatic heterocycles. The van der Waals surface area contributed by atoms with Gasteiger partial charge in [0.15, 0.2) is 0 Å². The number of ether oxygens (including phenoxy) is 1. The molecule has 21 heavy (non-hydrogen) atoms. The molecule has 2 heteroatoms. The predicted molar refractivity (Wildman–Crippen MR) is 89.6 cm³/mol. The first kappa shape index (κ1) is 15.6. The molecule has 1 unspecified atom stereocenters. The van der Waals surface area contributed by atoms with Gasteiger partial charge in [0, 0.05) is 19.3 Å². The third kappa shape index (κ3) is 4.33.